The van der Waals surface area contributed by atoms with E-state index in [-0.39, 0.29) is 5.91 Å². The second-order valence-corrected chi connectivity index (χ2v) is 4.92. The van der Waals surface area contributed by atoms with Gasteiger partial charge in [0.1, 0.15) is 0 Å². The van der Waals surface area contributed by atoms with E-state index in [4.69, 9.17) is 23.8 Å². The average molecular weight is 278 g/mol. The third kappa shape index (κ3) is 3.19. The van der Waals surface area contributed by atoms with Gasteiger partial charge in [-0.25, -0.2) is 0 Å². The lowest BCUT2D eigenvalue weighted by Gasteiger charge is -2.33. The van der Waals surface area contributed by atoms with Crippen LogP contribution in [0.5, 0.6) is 0 Å². The molecule has 2 rings (SSSR count). The van der Waals surface area contributed by atoms with Crippen molar-refractivity contribution in [1.29, 1.82) is 0 Å². The molecule has 1 heterocycles. The van der Waals surface area contributed by atoms with Crippen LogP contribution in [0.3, 0.4) is 0 Å². The molecule has 0 atom stereocenters. The largest absolute Gasteiger partial charge is 0.399 e. The number of anilines is 1. The van der Waals surface area contributed by atoms with Crippen LogP contribution in [0.1, 0.15) is 10.4 Å². The van der Waals surface area contributed by atoms with Gasteiger partial charge in [0.2, 0.25) is 0 Å². The molecule has 0 aliphatic carbocycles. The highest BCUT2D eigenvalue weighted by atomic mass is 35.5. The van der Waals surface area contributed by atoms with E-state index in [1.165, 1.54) is 0 Å². The van der Waals surface area contributed by atoms with E-state index in [0.717, 1.165) is 13.1 Å². The highest BCUT2D eigenvalue weighted by Crippen LogP contribution is 2.21. The molecule has 0 saturated carbocycles. The number of halogens is 1. The minimum absolute atomic E-state index is 0.0716. The Morgan fingerprint density at radius 2 is 2.05 bits per heavy atom. The molecule has 0 unspecified atom stereocenters. The molecule has 100 valence electrons. The lowest BCUT2D eigenvalue weighted by atomic mass is 10.1. The fraction of sp³-hybridized carbons (Fsp3) is 0.357. The van der Waals surface area contributed by atoms with Crippen molar-refractivity contribution < 1.29 is 4.79 Å². The summed E-state index contributed by atoms with van der Waals surface area (Å²) >= 11 is 6.05. The molecule has 0 radical (unpaired) electrons. The first kappa shape index (κ1) is 13.7. The molecule has 5 heteroatoms. The molecule has 1 fully saturated rings. The Morgan fingerprint density at radius 3 is 2.68 bits per heavy atom. The first-order chi connectivity index (χ1) is 9.11. The van der Waals surface area contributed by atoms with Gasteiger partial charge in [-0.2, -0.15) is 0 Å². The van der Waals surface area contributed by atoms with Crippen LogP contribution in [-0.4, -0.2) is 48.4 Å². The maximum absolute atomic E-state index is 12.4. The third-order valence-electron chi connectivity index (χ3n) is 3.20. The molecular weight excluding hydrogens is 262 g/mol. The monoisotopic (exact) mass is 277 g/mol. The topological polar surface area (TPSA) is 49.6 Å². The minimum atomic E-state index is -0.0716. The molecule has 1 aromatic carbocycles. The fourth-order valence-corrected chi connectivity index (χ4v) is 2.31. The molecule has 1 aliphatic rings. The molecule has 0 spiro atoms. The second-order valence-electron chi connectivity index (χ2n) is 4.51. The lowest BCUT2D eigenvalue weighted by molar-refractivity contribution is 0.0652. The van der Waals surface area contributed by atoms with Crippen molar-refractivity contribution in [2.45, 2.75) is 0 Å². The number of nitrogens with two attached hydrogens (primary N) is 1. The van der Waals surface area contributed by atoms with Crippen LogP contribution in [0.2, 0.25) is 5.02 Å². The van der Waals surface area contributed by atoms with Gasteiger partial charge >= 0.3 is 0 Å². The number of carbonyl (C=O) groups excluding carboxylic acids is 1. The summed E-state index contributed by atoms with van der Waals surface area (Å²) in [5.74, 6) is 2.54. The number of hydrogen-bond acceptors (Lipinski definition) is 3. The number of rotatable bonds is 2. The summed E-state index contributed by atoms with van der Waals surface area (Å²) in [4.78, 5) is 16.3. The molecule has 1 saturated heterocycles. The lowest BCUT2D eigenvalue weighted by Crippen LogP contribution is -2.48. The van der Waals surface area contributed by atoms with Gasteiger partial charge in [-0.1, -0.05) is 17.5 Å². The maximum Gasteiger partial charge on any atom is 0.255 e. The number of nitrogens with zero attached hydrogens (tertiary/aromatic N) is 2. The highest BCUT2D eigenvalue weighted by molar-refractivity contribution is 6.34. The first-order valence-electron chi connectivity index (χ1n) is 6.12. The average Bonchev–Trinajstić information content (AvgIpc) is 2.42. The molecule has 0 bridgehead atoms. The normalized spacial score (nSPS) is 16.1. The van der Waals surface area contributed by atoms with Crippen LogP contribution in [0.15, 0.2) is 18.2 Å². The number of terminal acetylenes is 1. The summed E-state index contributed by atoms with van der Waals surface area (Å²) in [5, 5.41) is 0.435. The summed E-state index contributed by atoms with van der Waals surface area (Å²) in [7, 11) is 0. The number of carbonyl (C=O) groups is 1. The summed E-state index contributed by atoms with van der Waals surface area (Å²) in [6, 6.07) is 4.96. The van der Waals surface area contributed by atoms with Crippen LogP contribution in [0.25, 0.3) is 0 Å². The van der Waals surface area contributed by atoms with Crippen LogP contribution < -0.4 is 5.73 Å². The van der Waals surface area contributed by atoms with Gasteiger partial charge in [0, 0.05) is 31.9 Å². The number of nitrogen functional groups attached to an aromatic ring is 1. The number of piperazine rings is 1. The van der Waals surface area contributed by atoms with Crippen LogP contribution in [0.4, 0.5) is 5.69 Å². The van der Waals surface area contributed by atoms with Crippen molar-refractivity contribution in [3.8, 4) is 12.3 Å². The van der Waals surface area contributed by atoms with E-state index >= 15 is 0 Å². The zero-order chi connectivity index (χ0) is 13.8. The van der Waals surface area contributed by atoms with E-state index < -0.39 is 0 Å². The Kier molecular flexibility index (Phi) is 4.31. The smallest absolute Gasteiger partial charge is 0.255 e. The molecule has 1 amide bonds. The summed E-state index contributed by atoms with van der Waals surface area (Å²) < 4.78 is 0. The van der Waals surface area contributed by atoms with Crippen molar-refractivity contribution in [3.05, 3.63) is 28.8 Å². The summed E-state index contributed by atoms with van der Waals surface area (Å²) in [6.07, 6.45) is 5.28. The van der Waals surface area contributed by atoms with Crippen molar-refractivity contribution in [1.82, 2.24) is 9.80 Å². The Morgan fingerprint density at radius 1 is 1.37 bits per heavy atom. The summed E-state index contributed by atoms with van der Waals surface area (Å²) in [6.45, 7) is 3.52. The molecule has 1 aliphatic heterocycles. The zero-order valence-corrected chi connectivity index (χ0v) is 11.4. The predicted octanol–water partition coefficient (Wildman–Crippen LogP) is 1.31. The van der Waals surface area contributed by atoms with Crippen molar-refractivity contribution in [2.75, 3.05) is 38.5 Å². The number of amides is 1. The SMILES string of the molecule is C#CCN1CCN(C(=O)c2cc(N)ccc2Cl)CC1. The van der Waals surface area contributed by atoms with Gasteiger partial charge < -0.3 is 10.6 Å². The molecule has 2 N–H and O–H groups in total. The van der Waals surface area contributed by atoms with E-state index in [9.17, 15) is 4.79 Å². The van der Waals surface area contributed by atoms with Gasteiger partial charge in [-0.3, -0.25) is 9.69 Å². The number of hydrogen-bond donors (Lipinski definition) is 1. The van der Waals surface area contributed by atoms with Gasteiger partial charge in [0.15, 0.2) is 0 Å². The van der Waals surface area contributed by atoms with Gasteiger partial charge in [-0.15, -0.1) is 6.42 Å². The Labute approximate surface area is 118 Å². The minimum Gasteiger partial charge on any atom is -0.399 e. The first-order valence-corrected chi connectivity index (χ1v) is 6.49. The standard InChI is InChI=1S/C14H16ClN3O/c1-2-5-17-6-8-18(9-7-17)14(19)12-10-11(16)3-4-13(12)15/h1,3-4,10H,5-9,16H2. The molecule has 0 aromatic heterocycles. The van der Waals surface area contributed by atoms with Crippen LogP contribution in [0, 0.1) is 12.3 Å². The quantitative estimate of drug-likeness (QED) is 0.655. The van der Waals surface area contributed by atoms with Crippen molar-refractivity contribution >= 4 is 23.2 Å². The van der Waals surface area contributed by atoms with Crippen molar-refractivity contribution in [2.24, 2.45) is 0 Å². The van der Waals surface area contributed by atoms with E-state index in [0.29, 0.717) is 35.9 Å². The van der Waals surface area contributed by atoms with Gasteiger partial charge in [0.25, 0.3) is 5.91 Å². The van der Waals surface area contributed by atoms with Gasteiger partial charge in [0.05, 0.1) is 17.1 Å². The Bertz CT molecular complexity index is 516. The highest BCUT2D eigenvalue weighted by Gasteiger charge is 2.23. The van der Waals surface area contributed by atoms with E-state index in [1.807, 2.05) is 0 Å². The van der Waals surface area contributed by atoms with Gasteiger partial charge in [-0.05, 0) is 18.2 Å². The predicted molar refractivity (Wildman–Crippen MR) is 77.0 cm³/mol. The van der Waals surface area contributed by atoms with Crippen LogP contribution in [-0.2, 0) is 0 Å². The van der Waals surface area contributed by atoms with Crippen LogP contribution >= 0.6 is 11.6 Å². The summed E-state index contributed by atoms with van der Waals surface area (Å²) in [5.41, 5.74) is 6.70. The molecular formula is C14H16ClN3O. The zero-order valence-electron chi connectivity index (χ0n) is 10.6. The maximum atomic E-state index is 12.4. The third-order valence-corrected chi connectivity index (χ3v) is 3.52. The Hall–Kier alpha value is -1.70. The van der Waals surface area contributed by atoms with Crippen molar-refractivity contribution in [3.63, 3.8) is 0 Å². The second kappa shape index (κ2) is 5.96. The fourth-order valence-electron chi connectivity index (χ4n) is 2.12. The Balaban J connectivity index is 2.05. The molecule has 1 aromatic rings. The van der Waals surface area contributed by atoms with E-state index in [1.54, 1.807) is 23.1 Å². The van der Waals surface area contributed by atoms with E-state index in [2.05, 4.69) is 10.8 Å². The molecule has 4 nitrogen and oxygen atoms in total. The number of benzene rings is 1. The molecule has 19 heavy (non-hydrogen) atoms.